The molecular formula is C25H25N3O. The highest BCUT2D eigenvalue weighted by molar-refractivity contribution is 5.97. The van der Waals surface area contributed by atoms with Gasteiger partial charge >= 0.3 is 0 Å². The van der Waals surface area contributed by atoms with Crippen molar-refractivity contribution in [1.82, 2.24) is 15.3 Å². The van der Waals surface area contributed by atoms with Crippen LogP contribution < -0.4 is 5.32 Å². The summed E-state index contributed by atoms with van der Waals surface area (Å²) >= 11 is 0. The van der Waals surface area contributed by atoms with Crippen LogP contribution >= 0.6 is 0 Å². The molecular weight excluding hydrogens is 358 g/mol. The largest absolute Gasteiger partial charge is 0.345 e. The Labute approximate surface area is 171 Å². The third-order valence-electron chi connectivity index (χ3n) is 5.31. The van der Waals surface area contributed by atoms with Gasteiger partial charge in [0.2, 0.25) is 0 Å². The first-order valence-corrected chi connectivity index (χ1v) is 9.88. The van der Waals surface area contributed by atoms with Gasteiger partial charge in [-0.3, -0.25) is 14.8 Å². The summed E-state index contributed by atoms with van der Waals surface area (Å²) in [5.41, 5.74) is 4.73. The highest BCUT2D eigenvalue weighted by Gasteiger charge is 2.17. The SMILES string of the molecule is CC(NC(=O)c1cnc2cc(C(C)(C)C)ccc2c1)c1ccnc2ccccc12. The summed E-state index contributed by atoms with van der Waals surface area (Å²) < 4.78 is 0. The second kappa shape index (κ2) is 7.28. The summed E-state index contributed by atoms with van der Waals surface area (Å²) in [6.45, 7) is 8.53. The van der Waals surface area contributed by atoms with Gasteiger partial charge in [-0.2, -0.15) is 0 Å². The molecule has 29 heavy (non-hydrogen) atoms. The summed E-state index contributed by atoms with van der Waals surface area (Å²) in [6.07, 6.45) is 3.44. The molecule has 0 spiro atoms. The minimum Gasteiger partial charge on any atom is -0.345 e. The number of carbonyl (C=O) groups is 1. The van der Waals surface area contributed by atoms with E-state index >= 15 is 0 Å². The van der Waals surface area contributed by atoms with E-state index in [1.165, 1.54) is 5.56 Å². The summed E-state index contributed by atoms with van der Waals surface area (Å²) in [4.78, 5) is 21.8. The molecule has 4 heteroatoms. The van der Waals surface area contributed by atoms with E-state index in [1.807, 2.05) is 49.4 Å². The van der Waals surface area contributed by atoms with Gasteiger partial charge in [0, 0.05) is 23.2 Å². The van der Waals surface area contributed by atoms with Gasteiger partial charge in [0.15, 0.2) is 0 Å². The Morgan fingerprint density at radius 1 is 0.966 bits per heavy atom. The van der Waals surface area contributed by atoms with E-state index in [4.69, 9.17) is 0 Å². The second-order valence-electron chi connectivity index (χ2n) is 8.49. The minimum atomic E-state index is -0.144. The van der Waals surface area contributed by atoms with Crippen molar-refractivity contribution < 1.29 is 4.79 Å². The van der Waals surface area contributed by atoms with E-state index in [0.29, 0.717) is 5.56 Å². The van der Waals surface area contributed by atoms with Gasteiger partial charge in [0.25, 0.3) is 5.91 Å². The van der Waals surface area contributed by atoms with Crippen molar-refractivity contribution in [3.8, 4) is 0 Å². The number of hydrogen-bond acceptors (Lipinski definition) is 3. The molecule has 1 unspecified atom stereocenters. The van der Waals surface area contributed by atoms with Crippen molar-refractivity contribution in [2.45, 2.75) is 39.2 Å². The fourth-order valence-electron chi connectivity index (χ4n) is 3.57. The third kappa shape index (κ3) is 3.83. The van der Waals surface area contributed by atoms with Crippen LogP contribution in [0.1, 0.15) is 55.2 Å². The zero-order chi connectivity index (χ0) is 20.6. The van der Waals surface area contributed by atoms with Gasteiger partial charge in [0.05, 0.1) is 22.6 Å². The van der Waals surface area contributed by atoms with Gasteiger partial charge in [0.1, 0.15) is 0 Å². The van der Waals surface area contributed by atoms with E-state index in [-0.39, 0.29) is 17.4 Å². The van der Waals surface area contributed by atoms with Gasteiger partial charge < -0.3 is 5.32 Å². The maximum absolute atomic E-state index is 12.9. The predicted octanol–water partition coefficient (Wildman–Crippen LogP) is 5.57. The monoisotopic (exact) mass is 383 g/mol. The molecule has 0 radical (unpaired) electrons. The van der Waals surface area contributed by atoms with Crippen LogP contribution in [0.2, 0.25) is 0 Å². The number of amides is 1. The third-order valence-corrected chi connectivity index (χ3v) is 5.31. The lowest BCUT2D eigenvalue weighted by Gasteiger charge is -2.19. The number of nitrogens with zero attached hydrogens (tertiary/aromatic N) is 2. The maximum Gasteiger partial charge on any atom is 0.253 e. The average molecular weight is 383 g/mol. The molecule has 0 aliphatic carbocycles. The second-order valence-corrected chi connectivity index (χ2v) is 8.49. The molecule has 1 atom stereocenters. The van der Waals surface area contributed by atoms with Gasteiger partial charge in [-0.1, -0.05) is 51.1 Å². The van der Waals surface area contributed by atoms with Crippen LogP contribution in [0.3, 0.4) is 0 Å². The molecule has 0 bridgehead atoms. The Bertz CT molecular complexity index is 1200. The molecule has 1 N–H and O–H groups in total. The number of benzene rings is 2. The number of para-hydroxylation sites is 1. The first-order chi connectivity index (χ1) is 13.8. The van der Waals surface area contributed by atoms with E-state index in [0.717, 1.165) is 27.4 Å². The normalized spacial score (nSPS) is 12.8. The Hall–Kier alpha value is -3.27. The van der Waals surface area contributed by atoms with Crippen LogP contribution in [0.25, 0.3) is 21.8 Å². The molecule has 146 valence electrons. The lowest BCUT2D eigenvalue weighted by atomic mass is 9.86. The number of aromatic nitrogens is 2. The zero-order valence-corrected chi connectivity index (χ0v) is 17.2. The Balaban J connectivity index is 1.60. The van der Waals surface area contributed by atoms with Crippen LogP contribution in [0, 0.1) is 0 Å². The van der Waals surface area contributed by atoms with Crippen molar-refractivity contribution in [3.63, 3.8) is 0 Å². The Kier molecular flexibility index (Phi) is 4.79. The fourth-order valence-corrected chi connectivity index (χ4v) is 3.57. The molecule has 0 aliphatic rings. The molecule has 2 aromatic heterocycles. The first-order valence-electron chi connectivity index (χ1n) is 9.88. The molecule has 0 fully saturated rings. The number of pyridine rings is 2. The molecule has 4 rings (SSSR count). The van der Waals surface area contributed by atoms with Crippen LogP contribution in [0.15, 0.2) is 67.0 Å². The summed E-state index contributed by atoms with van der Waals surface area (Å²) in [6, 6.07) is 17.9. The lowest BCUT2D eigenvalue weighted by molar-refractivity contribution is 0.0940. The molecule has 0 saturated carbocycles. The van der Waals surface area contributed by atoms with Crippen molar-refractivity contribution in [1.29, 1.82) is 0 Å². The van der Waals surface area contributed by atoms with Crippen molar-refractivity contribution >= 4 is 27.7 Å². The molecule has 1 amide bonds. The van der Waals surface area contributed by atoms with Crippen LogP contribution in [0.5, 0.6) is 0 Å². The topological polar surface area (TPSA) is 54.9 Å². The average Bonchev–Trinajstić information content (AvgIpc) is 2.71. The number of nitrogens with one attached hydrogen (secondary N) is 1. The lowest BCUT2D eigenvalue weighted by Crippen LogP contribution is -2.27. The Morgan fingerprint density at radius 2 is 1.76 bits per heavy atom. The fraction of sp³-hybridized carbons (Fsp3) is 0.240. The molecule has 0 aliphatic heterocycles. The Morgan fingerprint density at radius 3 is 2.55 bits per heavy atom. The van der Waals surface area contributed by atoms with E-state index < -0.39 is 0 Å². The predicted molar refractivity (Wildman–Crippen MR) is 118 cm³/mol. The number of rotatable bonds is 3. The standard InChI is InChI=1S/C25H25N3O/c1-16(20-11-12-26-22-8-6-5-7-21(20)22)28-24(29)18-13-17-9-10-19(25(2,3)4)14-23(17)27-15-18/h5-16H,1-4H3,(H,28,29). The molecule has 0 saturated heterocycles. The highest BCUT2D eigenvalue weighted by atomic mass is 16.1. The van der Waals surface area contributed by atoms with Gasteiger partial charge in [-0.25, -0.2) is 0 Å². The minimum absolute atomic E-state index is 0.0641. The molecule has 4 aromatic rings. The summed E-state index contributed by atoms with van der Waals surface area (Å²) in [7, 11) is 0. The van der Waals surface area contributed by atoms with Crippen LogP contribution in [-0.4, -0.2) is 15.9 Å². The summed E-state index contributed by atoms with van der Waals surface area (Å²) in [5.74, 6) is -0.132. The first kappa shape index (κ1) is 19.1. The highest BCUT2D eigenvalue weighted by Crippen LogP contribution is 2.26. The van der Waals surface area contributed by atoms with E-state index in [2.05, 4.69) is 48.2 Å². The quantitative estimate of drug-likeness (QED) is 0.503. The van der Waals surface area contributed by atoms with Crippen LogP contribution in [0.4, 0.5) is 0 Å². The van der Waals surface area contributed by atoms with Crippen molar-refractivity contribution in [2.75, 3.05) is 0 Å². The van der Waals surface area contributed by atoms with E-state index in [9.17, 15) is 4.79 Å². The van der Waals surface area contributed by atoms with Gasteiger partial charge in [-0.05, 0) is 47.7 Å². The smallest absolute Gasteiger partial charge is 0.253 e. The number of carbonyl (C=O) groups excluding carboxylic acids is 1. The molecule has 4 nitrogen and oxygen atoms in total. The maximum atomic E-state index is 12.9. The number of fused-ring (bicyclic) bond motifs is 2. The van der Waals surface area contributed by atoms with Crippen LogP contribution in [-0.2, 0) is 5.41 Å². The van der Waals surface area contributed by atoms with Crippen molar-refractivity contribution in [3.05, 3.63) is 83.7 Å². The zero-order valence-electron chi connectivity index (χ0n) is 17.2. The molecule has 2 aromatic carbocycles. The number of hydrogen-bond donors (Lipinski definition) is 1. The van der Waals surface area contributed by atoms with E-state index in [1.54, 1.807) is 12.4 Å². The summed E-state index contributed by atoms with van der Waals surface area (Å²) in [5, 5.41) is 5.11. The molecule has 2 heterocycles. The van der Waals surface area contributed by atoms with Gasteiger partial charge in [-0.15, -0.1) is 0 Å². The van der Waals surface area contributed by atoms with Crippen molar-refractivity contribution in [2.24, 2.45) is 0 Å².